The van der Waals surface area contributed by atoms with Crippen LogP contribution in [0.1, 0.15) is 26.7 Å². The molecular formula is C10H20N2OS. The van der Waals surface area contributed by atoms with E-state index >= 15 is 0 Å². The lowest BCUT2D eigenvalue weighted by Gasteiger charge is -2.36. The summed E-state index contributed by atoms with van der Waals surface area (Å²) in [6, 6.07) is 0.499. The molecule has 0 amide bonds. The van der Waals surface area contributed by atoms with E-state index in [1.807, 2.05) is 0 Å². The van der Waals surface area contributed by atoms with Gasteiger partial charge in [0.15, 0.2) is 0 Å². The monoisotopic (exact) mass is 216 g/mol. The molecule has 3 nitrogen and oxygen atoms in total. The van der Waals surface area contributed by atoms with Crippen LogP contribution in [-0.2, 0) is 4.74 Å². The van der Waals surface area contributed by atoms with E-state index < -0.39 is 0 Å². The van der Waals surface area contributed by atoms with Gasteiger partial charge in [0.1, 0.15) is 0 Å². The summed E-state index contributed by atoms with van der Waals surface area (Å²) in [6.07, 6.45) is 2.27. The second-order valence-electron chi connectivity index (χ2n) is 3.91. The summed E-state index contributed by atoms with van der Waals surface area (Å²) in [5.74, 6) is 0. The number of hydrogen-bond acceptors (Lipinski definition) is 3. The molecule has 0 spiro atoms. The Hall–Kier alpha value is -0.190. The minimum atomic E-state index is 0.337. The molecule has 1 aliphatic heterocycles. The maximum atomic E-state index is 5.58. The standard InChI is InChI=1S/C10H20N2OS/c1-3-9(6-10(11)14)12-4-5-13-8(2)7-12/h8-9H,3-7H2,1-2H3,(H2,11,14). The van der Waals surface area contributed by atoms with Crippen LogP contribution in [0.5, 0.6) is 0 Å². The fraction of sp³-hybridized carbons (Fsp3) is 0.900. The highest BCUT2D eigenvalue weighted by Gasteiger charge is 2.23. The molecule has 1 aliphatic rings. The molecule has 0 aromatic carbocycles. The summed E-state index contributed by atoms with van der Waals surface area (Å²) in [4.78, 5) is 3.06. The molecule has 0 aliphatic carbocycles. The Morgan fingerprint density at radius 1 is 1.71 bits per heavy atom. The predicted octanol–water partition coefficient (Wildman–Crippen LogP) is 1.16. The molecule has 1 heterocycles. The van der Waals surface area contributed by atoms with Crippen LogP contribution in [0, 0.1) is 0 Å². The third-order valence-electron chi connectivity index (χ3n) is 2.70. The van der Waals surface area contributed by atoms with E-state index in [2.05, 4.69) is 18.7 Å². The number of nitrogens with two attached hydrogens (primary N) is 1. The van der Waals surface area contributed by atoms with Crippen molar-refractivity contribution in [1.29, 1.82) is 0 Å². The van der Waals surface area contributed by atoms with Crippen LogP contribution in [0.15, 0.2) is 0 Å². The largest absolute Gasteiger partial charge is 0.393 e. The average molecular weight is 216 g/mol. The van der Waals surface area contributed by atoms with Crippen molar-refractivity contribution in [2.24, 2.45) is 5.73 Å². The number of morpholine rings is 1. The molecule has 0 saturated carbocycles. The van der Waals surface area contributed by atoms with E-state index in [1.165, 1.54) is 0 Å². The van der Waals surface area contributed by atoms with E-state index in [-0.39, 0.29) is 0 Å². The number of rotatable bonds is 4. The van der Waals surface area contributed by atoms with Crippen molar-refractivity contribution in [2.75, 3.05) is 19.7 Å². The summed E-state index contributed by atoms with van der Waals surface area (Å²) >= 11 is 4.96. The Morgan fingerprint density at radius 3 is 2.93 bits per heavy atom. The van der Waals surface area contributed by atoms with Gasteiger partial charge >= 0.3 is 0 Å². The van der Waals surface area contributed by atoms with E-state index in [1.54, 1.807) is 0 Å². The summed E-state index contributed by atoms with van der Waals surface area (Å²) in [6.45, 7) is 7.13. The molecule has 2 atom stereocenters. The molecular weight excluding hydrogens is 196 g/mol. The van der Waals surface area contributed by atoms with E-state index in [9.17, 15) is 0 Å². The first-order chi connectivity index (χ1) is 6.63. The summed E-state index contributed by atoms with van der Waals surface area (Å²) in [7, 11) is 0. The molecule has 0 bridgehead atoms. The fourth-order valence-electron chi connectivity index (χ4n) is 1.94. The van der Waals surface area contributed by atoms with E-state index in [4.69, 9.17) is 22.7 Å². The second-order valence-corrected chi connectivity index (χ2v) is 4.43. The van der Waals surface area contributed by atoms with Crippen LogP contribution >= 0.6 is 12.2 Å². The number of nitrogens with zero attached hydrogens (tertiary/aromatic N) is 1. The first-order valence-corrected chi connectivity index (χ1v) is 5.68. The van der Waals surface area contributed by atoms with Crippen molar-refractivity contribution in [3.8, 4) is 0 Å². The Bertz CT molecular complexity index is 199. The van der Waals surface area contributed by atoms with Crippen LogP contribution in [0.4, 0.5) is 0 Å². The maximum Gasteiger partial charge on any atom is 0.0743 e. The Labute approximate surface area is 91.6 Å². The van der Waals surface area contributed by atoms with Crippen molar-refractivity contribution < 1.29 is 4.74 Å². The van der Waals surface area contributed by atoms with E-state index in [0.29, 0.717) is 17.1 Å². The van der Waals surface area contributed by atoms with Crippen molar-refractivity contribution in [3.05, 3.63) is 0 Å². The lowest BCUT2D eigenvalue weighted by molar-refractivity contribution is -0.0334. The zero-order valence-corrected chi connectivity index (χ0v) is 9.85. The van der Waals surface area contributed by atoms with Gasteiger partial charge in [-0.25, -0.2) is 0 Å². The van der Waals surface area contributed by atoms with Gasteiger partial charge in [0.25, 0.3) is 0 Å². The van der Waals surface area contributed by atoms with Crippen molar-refractivity contribution in [2.45, 2.75) is 38.8 Å². The molecule has 2 N–H and O–H groups in total. The molecule has 0 aromatic rings. The highest BCUT2D eigenvalue weighted by molar-refractivity contribution is 7.80. The predicted molar refractivity (Wildman–Crippen MR) is 62.5 cm³/mol. The maximum absolute atomic E-state index is 5.58. The lowest BCUT2D eigenvalue weighted by atomic mass is 10.1. The number of ether oxygens (including phenoxy) is 1. The van der Waals surface area contributed by atoms with Crippen LogP contribution in [-0.4, -0.2) is 41.7 Å². The summed E-state index contributed by atoms with van der Waals surface area (Å²) < 4.78 is 5.50. The molecule has 14 heavy (non-hydrogen) atoms. The summed E-state index contributed by atoms with van der Waals surface area (Å²) in [5, 5.41) is 0. The van der Waals surface area contributed by atoms with Gasteiger partial charge in [0.2, 0.25) is 0 Å². The van der Waals surface area contributed by atoms with Crippen LogP contribution in [0.2, 0.25) is 0 Å². The smallest absolute Gasteiger partial charge is 0.0743 e. The van der Waals surface area contributed by atoms with Gasteiger partial charge < -0.3 is 10.5 Å². The Balaban J connectivity index is 2.46. The van der Waals surface area contributed by atoms with Crippen LogP contribution in [0.3, 0.4) is 0 Å². The lowest BCUT2D eigenvalue weighted by Crippen LogP contribution is -2.47. The topological polar surface area (TPSA) is 38.5 Å². The van der Waals surface area contributed by atoms with Crippen LogP contribution < -0.4 is 5.73 Å². The molecule has 1 rings (SSSR count). The number of hydrogen-bond donors (Lipinski definition) is 1. The Morgan fingerprint density at radius 2 is 2.43 bits per heavy atom. The third kappa shape index (κ3) is 3.52. The zero-order chi connectivity index (χ0) is 10.6. The molecule has 1 saturated heterocycles. The van der Waals surface area contributed by atoms with Gasteiger partial charge in [-0.1, -0.05) is 19.1 Å². The molecule has 82 valence electrons. The first-order valence-electron chi connectivity index (χ1n) is 5.27. The van der Waals surface area contributed by atoms with Gasteiger partial charge in [-0.05, 0) is 13.3 Å². The van der Waals surface area contributed by atoms with Crippen LogP contribution in [0.25, 0.3) is 0 Å². The van der Waals surface area contributed by atoms with Gasteiger partial charge in [-0.2, -0.15) is 0 Å². The van der Waals surface area contributed by atoms with Crippen molar-refractivity contribution in [3.63, 3.8) is 0 Å². The highest BCUT2D eigenvalue weighted by atomic mass is 32.1. The van der Waals surface area contributed by atoms with Crippen molar-refractivity contribution >= 4 is 17.2 Å². The van der Waals surface area contributed by atoms with Crippen molar-refractivity contribution in [1.82, 2.24) is 4.90 Å². The van der Waals surface area contributed by atoms with Gasteiger partial charge in [-0.15, -0.1) is 0 Å². The first kappa shape index (κ1) is 11.9. The minimum Gasteiger partial charge on any atom is -0.393 e. The molecule has 0 radical (unpaired) electrons. The highest BCUT2D eigenvalue weighted by Crippen LogP contribution is 2.13. The normalized spacial score (nSPS) is 26.0. The fourth-order valence-corrected chi connectivity index (χ4v) is 2.13. The second kappa shape index (κ2) is 5.63. The van der Waals surface area contributed by atoms with E-state index in [0.717, 1.165) is 32.5 Å². The van der Waals surface area contributed by atoms with Gasteiger partial charge in [0.05, 0.1) is 17.7 Å². The number of thiocarbonyl (C=S) groups is 1. The molecule has 0 aromatic heterocycles. The molecule has 1 fully saturated rings. The third-order valence-corrected chi connectivity index (χ3v) is 2.86. The van der Waals surface area contributed by atoms with Gasteiger partial charge in [-0.3, -0.25) is 4.90 Å². The zero-order valence-electron chi connectivity index (χ0n) is 9.03. The minimum absolute atomic E-state index is 0.337. The molecule has 2 unspecified atom stereocenters. The molecule has 4 heteroatoms. The average Bonchev–Trinajstić information content (AvgIpc) is 2.14. The Kier molecular flexibility index (Phi) is 4.78. The summed E-state index contributed by atoms with van der Waals surface area (Å²) in [5.41, 5.74) is 5.58. The quantitative estimate of drug-likeness (QED) is 0.716. The SMILES string of the molecule is CCC(CC(N)=S)N1CCOC(C)C1. The van der Waals surface area contributed by atoms with Gasteiger partial charge in [0, 0.05) is 25.6 Å².